The summed E-state index contributed by atoms with van der Waals surface area (Å²) in [5.41, 5.74) is 1.47. The van der Waals surface area contributed by atoms with Crippen LogP contribution in [0.1, 0.15) is 17.9 Å². The van der Waals surface area contributed by atoms with E-state index in [1.807, 2.05) is 12.0 Å². The summed E-state index contributed by atoms with van der Waals surface area (Å²) in [4.78, 5) is 31.4. The Labute approximate surface area is 152 Å². The van der Waals surface area contributed by atoms with E-state index in [4.69, 9.17) is 16.3 Å². The highest BCUT2D eigenvalue weighted by Crippen LogP contribution is 2.30. The summed E-state index contributed by atoms with van der Waals surface area (Å²) in [7, 11) is 0. The predicted molar refractivity (Wildman–Crippen MR) is 88.9 cm³/mol. The minimum atomic E-state index is -5.08. The molecule has 1 aliphatic rings. The average molecular weight is 386 g/mol. The minimum absolute atomic E-state index is 0.107. The molecule has 146 valence electrons. The molecule has 2 rings (SSSR count). The Morgan fingerprint density at radius 1 is 1.26 bits per heavy atom. The smallest absolute Gasteiger partial charge is 0.481 e. The van der Waals surface area contributed by atoms with Crippen LogP contribution in [0, 0.1) is 18.3 Å². The zero-order valence-corrected chi connectivity index (χ0v) is 13.9. The maximum Gasteiger partial charge on any atom is 0.490 e. The van der Waals surface area contributed by atoms with E-state index in [-0.39, 0.29) is 5.92 Å². The summed E-state index contributed by atoms with van der Waals surface area (Å²) < 4.78 is 31.7. The van der Waals surface area contributed by atoms with Crippen LogP contribution in [-0.2, 0) is 14.4 Å². The second-order valence-corrected chi connectivity index (χ2v) is 5.57. The van der Waals surface area contributed by atoms with Crippen molar-refractivity contribution in [2.24, 2.45) is 5.92 Å². The molecule has 1 amide bonds. The van der Waals surface area contributed by atoms with E-state index < -0.39 is 29.9 Å². The van der Waals surface area contributed by atoms with Gasteiger partial charge in [0.25, 0.3) is 5.91 Å². The van der Waals surface area contributed by atoms with Gasteiger partial charge in [-0.2, -0.15) is 13.2 Å². The summed E-state index contributed by atoms with van der Waals surface area (Å²) in [6.45, 7) is 1.32. The number of halogens is 3. The zero-order chi connectivity index (χ0) is 20.6. The summed E-state index contributed by atoms with van der Waals surface area (Å²) in [5.74, 6) is -2.59. The molecule has 1 aromatic carbocycles. The maximum atomic E-state index is 11.3. The molecule has 0 saturated carbocycles. The van der Waals surface area contributed by atoms with Crippen molar-refractivity contribution in [3.05, 3.63) is 29.8 Å². The molecular formula is C17H17F3N2O5. The number of carboxylic acid groups (broad SMARTS) is 2. The highest BCUT2D eigenvalue weighted by molar-refractivity contribution is 6.03. The Balaban J connectivity index is 0.000000445. The van der Waals surface area contributed by atoms with Crippen molar-refractivity contribution in [1.29, 1.82) is 0 Å². The van der Waals surface area contributed by atoms with E-state index in [1.54, 1.807) is 18.2 Å². The first kappa shape index (κ1) is 22.0. The Bertz CT molecular complexity index is 743. The molecule has 0 bridgehead atoms. The van der Waals surface area contributed by atoms with Crippen LogP contribution in [0.2, 0.25) is 0 Å². The number of hydrogen-bond donors (Lipinski definition) is 4. The van der Waals surface area contributed by atoms with Gasteiger partial charge >= 0.3 is 18.1 Å². The van der Waals surface area contributed by atoms with Crippen LogP contribution in [0.3, 0.4) is 0 Å². The fourth-order valence-corrected chi connectivity index (χ4v) is 2.52. The van der Waals surface area contributed by atoms with Gasteiger partial charge in [0.2, 0.25) is 0 Å². The highest BCUT2D eigenvalue weighted by atomic mass is 19.4. The molecule has 0 aromatic heterocycles. The number of carbonyl (C=O) groups is 3. The summed E-state index contributed by atoms with van der Waals surface area (Å²) in [5, 5.41) is 22.2. The third kappa shape index (κ3) is 6.99. The van der Waals surface area contributed by atoms with Crippen molar-refractivity contribution in [2.75, 3.05) is 18.4 Å². The monoisotopic (exact) mass is 386 g/mol. The van der Waals surface area contributed by atoms with Gasteiger partial charge in [-0.05, 0) is 36.6 Å². The number of hydrogen-bond acceptors (Lipinski definition) is 4. The van der Waals surface area contributed by atoms with Crippen LogP contribution < -0.4 is 10.6 Å². The molecule has 27 heavy (non-hydrogen) atoms. The van der Waals surface area contributed by atoms with E-state index in [2.05, 4.69) is 10.6 Å². The fraction of sp³-hybridized carbons (Fsp3) is 0.353. The van der Waals surface area contributed by atoms with Gasteiger partial charge in [-0.25, -0.2) is 4.79 Å². The standard InChI is InChI=1S/C15H16N2O3.C2HF3O2/c1-2-14(18)17-11-5-3-4-10(8-11)13-9-16-7-6-12(13)15(19)20;3-2(4,5)1(6)7/h1,3-5,8,12-13,16H,6-7,9H2,(H,17,18)(H,19,20);(H,6,7)/t12-,13+;/m1./s1. The molecule has 1 aliphatic heterocycles. The van der Waals surface area contributed by atoms with Crippen LogP contribution in [0.5, 0.6) is 0 Å². The number of nitrogens with one attached hydrogen (secondary N) is 2. The van der Waals surface area contributed by atoms with Gasteiger partial charge in [0.05, 0.1) is 5.92 Å². The van der Waals surface area contributed by atoms with Crippen LogP contribution >= 0.6 is 0 Å². The molecule has 7 nitrogen and oxygen atoms in total. The lowest BCUT2D eigenvalue weighted by atomic mass is 9.81. The number of benzene rings is 1. The average Bonchev–Trinajstić information content (AvgIpc) is 2.61. The molecule has 0 spiro atoms. The maximum absolute atomic E-state index is 11.3. The minimum Gasteiger partial charge on any atom is -0.481 e. The quantitative estimate of drug-likeness (QED) is 0.588. The van der Waals surface area contributed by atoms with Crippen LogP contribution in [-0.4, -0.2) is 47.3 Å². The third-order valence-electron chi connectivity index (χ3n) is 3.75. The van der Waals surface area contributed by atoms with E-state index in [1.165, 1.54) is 0 Å². The lowest BCUT2D eigenvalue weighted by molar-refractivity contribution is -0.192. The number of amides is 1. The lowest BCUT2D eigenvalue weighted by Gasteiger charge is -2.29. The van der Waals surface area contributed by atoms with Crippen molar-refractivity contribution in [3.8, 4) is 12.3 Å². The molecule has 4 N–H and O–H groups in total. The van der Waals surface area contributed by atoms with Crippen molar-refractivity contribution >= 4 is 23.5 Å². The van der Waals surface area contributed by atoms with E-state index in [0.29, 0.717) is 25.2 Å². The third-order valence-corrected chi connectivity index (χ3v) is 3.75. The second kappa shape index (κ2) is 9.59. The highest BCUT2D eigenvalue weighted by Gasteiger charge is 2.38. The Hall–Kier alpha value is -3.06. The Kier molecular flexibility index (Phi) is 7.80. The van der Waals surface area contributed by atoms with Crippen LogP contribution in [0.25, 0.3) is 0 Å². The first-order valence-corrected chi connectivity index (χ1v) is 7.67. The topological polar surface area (TPSA) is 116 Å². The number of aliphatic carboxylic acids is 2. The fourth-order valence-electron chi connectivity index (χ4n) is 2.52. The van der Waals surface area contributed by atoms with Crippen LogP contribution in [0.15, 0.2) is 24.3 Å². The van der Waals surface area contributed by atoms with Gasteiger partial charge in [0.15, 0.2) is 0 Å². The SMILES string of the molecule is C#CC(=O)Nc1cccc([C@@H]2CNCC[C@H]2C(=O)O)c1.O=C(O)C(F)(F)F. The van der Waals surface area contributed by atoms with Crippen molar-refractivity contribution in [1.82, 2.24) is 5.32 Å². The predicted octanol–water partition coefficient (Wildman–Crippen LogP) is 1.67. The summed E-state index contributed by atoms with van der Waals surface area (Å²) in [6.07, 6.45) is 0.528. The van der Waals surface area contributed by atoms with E-state index >= 15 is 0 Å². The number of alkyl halides is 3. The van der Waals surface area contributed by atoms with E-state index in [9.17, 15) is 27.9 Å². The second-order valence-electron chi connectivity index (χ2n) is 5.57. The molecule has 0 unspecified atom stereocenters. The van der Waals surface area contributed by atoms with Crippen LogP contribution in [0.4, 0.5) is 18.9 Å². The van der Waals surface area contributed by atoms with Crippen molar-refractivity contribution in [2.45, 2.75) is 18.5 Å². The van der Waals surface area contributed by atoms with Gasteiger partial charge in [-0.15, -0.1) is 6.42 Å². The largest absolute Gasteiger partial charge is 0.490 e. The van der Waals surface area contributed by atoms with Gasteiger partial charge < -0.3 is 20.8 Å². The molecule has 1 aromatic rings. The number of carboxylic acids is 2. The molecule has 2 atom stereocenters. The number of carbonyl (C=O) groups excluding carboxylic acids is 1. The first-order valence-electron chi connectivity index (χ1n) is 7.67. The molecule has 1 fully saturated rings. The number of terminal acetylenes is 1. The normalized spacial score (nSPS) is 19.0. The van der Waals surface area contributed by atoms with Gasteiger partial charge in [-0.3, -0.25) is 9.59 Å². The molecule has 10 heteroatoms. The number of anilines is 1. The van der Waals surface area contributed by atoms with Crippen molar-refractivity contribution < 1.29 is 37.8 Å². The zero-order valence-electron chi connectivity index (χ0n) is 13.9. The number of piperidine rings is 1. The molecule has 0 radical (unpaired) electrons. The van der Waals surface area contributed by atoms with Gasteiger partial charge in [0, 0.05) is 18.2 Å². The van der Waals surface area contributed by atoms with Gasteiger partial charge in [-0.1, -0.05) is 12.1 Å². The molecule has 1 heterocycles. The summed E-state index contributed by atoms with van der Waals surface area (Å²) >= 11 is 0. The molecule has 1 saturated heterocycles. The van der Waals surface area contributed by atoms with Crippen molar-refractivity contribution in [3.63, 3.8) is 0 Å². The van der Waals surface area contributed by atoms with Gasteiger partial charge in [0.1, 0.15) is 0 Å². The molecular weight excluding hydrogens is 369 g/mol. The van der Waals surface area contributed by atoms with E-state index in [0.717, 1.165) is 5.56 Å². The Morgan fingerprint density at radius 3 is 2.41 bits per heavy atom. The summed E-state index contributed by atoms with van der Waals surface area (Å²) in [6, 6.07) is 7.17. The lowest BCUT2D eigenvalue weighted by Crippen LogP contribution is -2.38. The molecule has 0 aliphatic carbocycles. The Morgan fingerprint density at radius 2 is 1.89 bits per heavy atom. The first-order chi connectivity index (χ1) is 12.6. The number of rotatable bonds is 3.